The molecule has 1 atom stereocenters. The number of benzene rings is 2. The minimum atomic E-state index is -0.949. The summed E-state index contributed by atoms with van der Waals surface area (Å²) >= 11 is 6.04. The Morgan fingerprint density at radius 2 is 1.84 bits per heavy atom. The Kier molecular flexibility index (Phi) is 9.00. The Morgan fingerprint density at radius 3 is 2.45 bits per heavy atom. The van der Waals surface area contributed by atoms with E-state index in [0.717, 1.165) is 0 Å². The third kappa shape index (κ3) is 7.07. The van der Waals surface area contributed by atoms with Crippen LogP contribution >= 0.6 is 11.6 Å². The number of rotatable bonds is 9. The molecule has 0 unspecified atom stereocenters. The highest BCUT2D eigenvalue weighted by Gasteiger charge is 2.28. The van der Waals surface area contributed by atoms with Crippen LogP contribution in [-0.4, -0.2) is 41.9 Å². The summed E-state index contributed by atoms with van der Waals surface area (Å²) in [6, 6.07) is 11.5. The van der Waals surface area contributed by atoms with Crippen LogP contribution in [0.2, 0.25) is 5.02 Å². The molecule has 1 N–H and O–H groups in total. The lowest BCUT2D eigenvalue weighted by atomic mass is 10.0. The summed E-state index contributed by atoms with van der Waals surface area (Å²) in [6.07, 6.45) is 0. The number of esters is 1. The first-order valence-electron chi connectivity index (χ1n) is 9.97. The fraction of sp³-hybridized carbons (Fsp3) is 0.348. The normalized spacial score (nSPS) is 11.7. The third-order valence-corrected chi connectivity index (χ3v) is 4.99. The topological polar surface area (TPSA) is 75.7 Å². The van der Waals surface area contributed by atoms with Crippen molar-refractivity contribution in [3.63, 3.8) is 0 Å². The van der Waals surface area contributed by atoms with Gasteiger partial charge in [0.25, 0.3) is 11.8 Å². The van der Waals surface area contributed by atoms with Crippen molar-refractivity contribution in [2.45, 2.75) is 33.4 Å². The molecule has 0 saturated carbocycles. The molecular weight excluding hydrogens is 423 g/mol. The van der Waals surface area contributed by atoms with Gasteiger partial charge >= 0.3 is 5.97 Å². The van der Waals surface area contributed by atoms with Gasteiger partial charge < -0.3 is 15.0 Å². The second kappa shape index (κ2) is 11.5. The highest BCUT2D eigenvalue weighted by molar-refractivity contribution is 6.33. The van der Waals surface area contributed by atoms with Crippen LogP contribution in [0.5, 0.6) is 0 Å². The van der Waals surface area contributed by atoms with E-state index in [-0.39, 0.29) is 28.9 Å². The van der Waals surface area contributed by atoms with Crippen LogP contribution in [0, 0.1) is 11.7 Å². The number of ether oxygens (including phenoxy) is 1. The summed E-state index contributed by atoms with van der Waals surface area (Å²) in [5.74, 6) is -2.30. The fourth-order valence-corrected chi connectivity index (χ4v) is 3.13. The van der Waals surface area contributed by atoms with Gasteiger partial charge in [-0.2, -0.15) is 0 Å². The molecule has 0 aliphatic rings. The maximum Gasteiger partial charge on any atom is 0.329 e. The van der Waals surface area contributed by atoms with Crippen molar-refractivity contribution in [2.75, 3.05) is 13.2 Å². The quantitative estimate of drug-likeness (QED) is 0.591. The van der Waals surface area contributed by atoms with Crippen molar-refractivity contribution in [1.82, 2.24) is 10.2 Å². The van der Waals surface area contributed by atoms with E-state index in [4.69, 9.17) is 16.3 Å². The Bertz CT molecular complexity index is 935. The SMILES string of the molecule is CCN(Cc1cccc(F)c1)C(=O)COC(=O)[C@@H](NC(=O)c1ccccc1Cl)C(C)C. The Labute approximate surface area is 186 Å². The van der Waals surface area contributed by atoms with Gasteiger partial charge in [-0.1, -0.05) is 49.7 Å². The first-order valence-corrected chi connectivity index (χ1v) is 10.3. The molecule has 0 aromatic heterocycles. The van der Waals surface area contributed by atoms with Crippen molar-refractivity contribution >= 4 is 29.4 Å². The number of halogens is 2. The van der Waals surface area contributed by atoms with Crippen LogP contribution in [0.4, 0.5) is 4.39 Å². The highest BCUT2D eigenvalue weighted by atomic mass is 35.5. The van der Waals surface area contributed by atoms with Crippen molar-refractivity contribution in [3.8, 4) is 0 Å². The number of carbonyl (C=O) groups excluding carboxylic acids is 3. The van der Waals surface area contributed by atoms with Crippen molar-refractivity contribution in [2.24, 2.45) is 5.92 Å². The van der Waals surface area contributed by atoms with Gasteiger partial charge in [-0.25, -0.2) is 9.18 Å². The zero-order valence-corrected chi connectivity index (χ0v) is 18.5. The van der Waals surface area contributed by atoms with E-state index in [1.165, 1.54) is 17.0 Å². The van der Waals surface area contributed by atoms with Gasteiger partial charge in [0.15, 0.2) is 6.61 Å². The molecule has 6 nitrogen and oxygen atoms in total. The maximum atomic E-state index is 13.4. The first-order chi connectivity index (χ1) is 14.7. The third-order valence-electron chi connectivity index (χ3n) is 4.66. The molecule has 2 aromatic rings. The molecule has 0 aliphatic heterocycles. The lowest BCUT2D eigenvalue weighted by Crippen LogP contribution is -2.46. The summed E-state index contributed by atoms with van der Waals surface area (Å²) in [5.41, 5.74) is 0.875. The largest absolute Gasteiger partial charge is 0.454 e. The van der Waals surface area contributed by atoms with Crippen LogP contribution < -0.4 is 5.32 Å². The zero-order chi connectivity index (χ0) is 23.0. The summed E-state index contributed by atoms with van der Waals surface area (Å²) < 4.78 is 18.6. The summed E-state index contributed by atoms with van der Waals surface area (Å²) in [6.45, 7) is 5.37. The number of hydrogen-bond acceptors (Lipinski definition) is 4. The van der Waals surface area contributed by atoms with Crippen molar-refractivity contribution in [1.29, 1.82) is 0 Å². The van der Waals surface area contributed by atoms with Gasteiger partial charge in [0.2, 0.25) is 0 Å². The minimum Gasteiger partial charge on any atom is -0.454 e. The number of hydrogen-bond donors (Lipinski definition) is 1. The Morgan fingerprint density at radius 1 is 1.13 bits per heavy atom. The zero-order valence-electron chi connectivity index (χ0n) is 17.7. The molecule has 166 valence electrons. The predicted octanol–water partition coefficient (Wildman–Crippen LogP) is 3.83. The van der Waals surface area contributed by atoms with Gasteiger partial charge in [0.05, 0.1) is 10.6 Å². The highest BCUT2D eigenvalue weighted by Crippen LogP contribution is 2.16. The van der Waals surface area contributed by atoms with E-state index in [9.17, 15) is 18.8 Å². The molecular formula is C23H26ClFN2O4. The average Bonchev–Trinajstić information content (AvgIpc) is 2.73. The molecule has 2 aromatic carbocycles. The second-order valence-electron chi connectivity index (χ2n) is 7.32. The monoisotopic (exact) mass is 448 g/mol. The Balaban J connectivity index is 1.97. The number of nitrogens with zero attached hydrogens (tertiary/aromatic N) is 1. The van der Waals surface area contributed by atoms with Crippen LogP contribution in [0.25, 0.3) is 0 Å². The molecule has 0 fully saturated rings. The number of nitrogens with one attached hydrogen (secondary N) is 1. The summed E-state index contributed by atoms with van der Waals surface area (Å²) in [4.78, 5) is 39.0. The van der Waals surface area contributed by atoms with E-state index in [1.807, 2.05) is 0 Å². The Hall–Kier alpha value is -2.93. The van der Waals surface area contributed by atoms with Crippen LogP contribution in [-0.2, 0) is 20.9 Å². The first kappa shape index (κ1) is 24.3. The van der Waals surface area contributed by atoms with Gasteiger partial charge in [0.1, 0.15) is 11.9 Å². The smallest absolute Gasteiger partial charge is 0.329 e. The molecule has 0 spiro atoms. The van der Waals surface area contributed by atoms with E-state index in [1.54, 1.807) is 57.2 Å². The van der Waals surface area contributed by atoms with Crippen molar-refractivity contribution in [3.05, 3.63) is 70.5 Å². The minimum absolute atomic E-state index is 0.196. The summed E-state index contributed by atoms with van der Waals surface area (Å²) in [7, 11) is 0. The molecule has 0 bridgehead atoms. The van der Waals surface area contributed by atoms with Crippen LogP contribution in [0.15, 0.2) is 48.5 Å². The lowest BCUT2D eigenvalue weighted by Gasteiger charge is -2.23. The molecule has 8 heteroatoms. The van der Waals surface area contributed by atoms with E-state index in [0.29, 0.717) is 12.1 Å². The molecule has 31 heavy (non-hydrogen) atoms. The number of amides is 2. The molecule has 0 aliphatic carbocycles. The second-order valence-corrected chi connectivity index (χ2v) is 7.73. The van der Waals surface area contributed by atoms with Crippen LogP contribution in [0.3, 0.4) is 0 Å². The lowest BCUT2D eigenvalue weighted by molar-refractivity contribution is -0.154. The number of likely N-dealkylation sites (N-methyl/N-ethyl adjacent to an activating group) is 1. The van der Waals surface area contributed by atoms with E-state index in [2.05, 4.69) is 5.32 Å². The standard InChI is InChI=1S/C23H26ClFN2O4/c1-4-27(13-16-8-7-9-17(25)12-16)20(28)14-31-23(30)21(15(2)3)26-22(29)18-10-5-6-11-19(18)24/h5-12,15,21H,4,13-14H2,1-3H3,(H,26,29)/t21-/m0/s1. The van der Waals surface area contributed by atoms with Gasteiger partial charge in [-0.15, -0.1) is 0 Å². The predicted molar refractivity (Wildman–Crippen MR) is 116 cm³/mol. The van der Waals surface area contributed by atoms with Gasteiger partial charge in [-0.05, 0) is 42.7 Å². The fourth-order valence-electron chi connectivity index (χ4n) is 2.91. The van der Waals surface area contributed by atoms with E-state index >= 15 is 0 Å². The molecule has 0 radical (unpaired) electrons. The van der Waals surface area contributed by atoms with Crippen molar-refractivity contribution < 1.29 is 23.5 Å². The maximum absolute atomic E-state index is 13.4. The molecule has 2 rings (SSSR count). The van der Waals surface area contributed by atoms with Gasteiger partial charge in [0, 0.05) is 13.1 Å². The van der Waals surface area contributed by atoms with Gasteiger partial charge in [-0.3, -0.25) is 9.59 Å². The molecule has 0 saturated heterocycles. The van der Waals surface area contributed by atoms with Crippen LogP contribution in [0.1, 0.15) is 36.7 Å². The molecule has 0 heterocycles. The number of carbonyl (C=O) groups is 3. The summed E-state index contributed by atoms with van der Waals surface area (Å²) in [5, 5.41) is 2.89. The average molecular weight is 449 g/mol. The van der Waals surface area contributed by atoms with E-state index < -0.39 is 30.4 Å². The molecule has 2 amide bonds.